The second-order valence-electron chi connectivity index (χ2n) is 3.97. The van der Waals surface area contributed by atoms with Crippen molar-refractivity contribution in [3.8, 4) is 10.4 Å². The van der Waals surface area contributed by atoms with Crippen LogP contribution in [0.1, 0.15) is 5.56 Å². The fourth-order valence-corrected chi connectivity index (χ4v) is 3.16. The fourth-order valence-electron chi connectivity index (χ4n) is 1.99. The lowest BCUT2D eigenvalue weighted by molar-refractivity contribution is 0.283. The van der Waals surface area contributed by atoms with Gasteiger partial charge in [0.15, 0.2) is 0 Å². The van der Waals surface area contributed by atoms with Gasteiger partial charge in [0.2, 0.25) is 0 Å². The highest BCUT2D eigenvalue weighted by molar-refractivity contribution is 7.22. The number of fused-ring (bicyclic) bond motifs is 1. The predicted molar refractivity (Wildman–Crippen MR) is 73.2 cm³/mol. The summed E-state index contributed by atoms with van der Waals surface area (Å²) in [5.74, 6) is 0. The quantitative estimate of drug-likeness (QED) is 0.716. The number of aliphatic hydroxyl groups is 1. The third kappa shape index (κ3) is 1.86. The number of aliphatic hydroxyl groups excluding tert-OH is 1. The lowest BCUT2D eigenvalue weighted by Gasteiger charge is -1.96. The Hall–Kier alpha value is -1.64. The average molecular weight is 240 g/mol. The first kappa shape index (κ1) is 10.5. The molecule has 0 spiro atoms. The van der Waals surface area contributed by atoms with Crippen LogP contribution >= 0.6 is 11.3 Å². The number of thiophene rings is 1. The van der Waals surface area contributed by atoms with Gasteiger partial charge in [-0.1, -0.05) is 48.5 Å². The predicted octanol–water partition coefficient (Wildman–Crippen LogP) is 4.06. The van der Waals surface area contributed by atoms with E-state index in [-0.39, 0.29) is 6.61 Å². The molecule has 0 aliphatic heterocycles. The van der Waals surface area contributed by atoms with E-state index in [2.05, 4.69) is 24.3 Å². The van der Waals surface area contributed by atoms with Crippen LogP contribution < -0.4 is 0 Å². The van der Waals surface area contributed by atoms with E-state index in [4.69, 9.17) is 0 Å². The van der Waals surface area contributed by atoms with Crippen LogP contribution in [-0.2, 0) is 6.61 Å². The van der Waals surface area contributed by atoms with E-state index in [1.165, 1.54) is 20.5 Å². The second-order valence-corrected chi connectivity index (χ2v) is 5.02. The standard InChI is InChI=1S/C15H12OS/c16-10-13-8-4-7-12-9-14(17-15(12)13)11-5-2-1-3-6-11/h1-9,16H,10H2. The van der Waals surface area contributed by atoms with Crippen LogP contribution in [0.25, 0.3) is 20.5 Å². The van der Waals surface area contributed by atoms with Crippen molar-refractivity contribution in [3.05, 3.63) is 60.2 Å². The van der Waals surface area contributed by atoms with Gasteiger partial charge < -0.3 is 5.11 Å². The summed E-state index contributed by atoms with van der Waals surface area (Å²) in [5, 5.41) is 10.5. The first-order chi connectivity index (χ1) is 8.38. The molecular weight excluding hydrogens is 228 g/mol. The summed E-state index contributed by atoms with van der Waals surface area (Å²) in [5.41, 5.74) is 2.24. The van der Waals surface area contributed by atoms with E-state index >= 15 is 0 Å². The largest absolute Gasteiger partial charge is 0.392 e. The number of rotatable bonds is 2. The molecule has 1 aromatic heterocycles. The zero-order chi connectivity index (χ0) is 11.7. The molecule has 0 radical (unpaired) electrons. The summed E-state index contributed by atoms with van der Waals surface area (Å²) in [6, 6.07) is 18.6. The van der Waals surface area contributed by atoms with Crippen molar-refractivity contribution in [3.63, 3.8) is 0 Å². The minimum absolute atomic E-state index is 0.103. The topological polar surface area (TPSA) is 20.2 Å². The molecule has 1 heterocycles. The van der Waals surface area contributed by atoms with E-state index in [1.54, 1.807) is 11.3 Å². The summed E-state index contributed by atoms with van der Waals surface area (Å²) < 4.78 is 1.19. The van der Waals surface area contributed by atoms with Gasteiger partial charge in [0.1, 0.15) is 0 Å². The van der Waals surface area contributed by atoms with Gasteiger partial charge in [-0.2, -0.15) is 0 Å². The molecule has 17 heavy (non-hydrogen) atoms. The fraction of sp³-hybridized carbons (Fsp3) is 0.0667. The number of hydrogen-bond donors (Lipinski definition) is 1. The van der Waals surface area contributed by atoms with Crippen molar-refractivity contribution < 1.29 is 5.11 Å². The third-order valence-electron chi connectivity index (χ3n) is 2.85. The Morgan fingerprint density at radius 3 is 2.53 bits per heavy atom. The van der Waals surface area contributed by atoms with Crippen molar-refractivity contribution >= 4 is 21.4 Å². The summed E-state index contributed by atoms with van der Waals surface area (Å²) in [6.07, 6.45) is 0. The van der Waals surface area contributed by atoms with Gasteiger partial charge in [-0.25, -0.2) is 0 Å². The highest BCUT2D eigenvalue weighted by atomic mass is 32.1. The minimum Gasteiger partial charge on any atom is -0.392 e. The van der Waals surface area contributed by atoms with Crippen molar-refractivity contribution in [1.82, 2.24) is 0 Å². The van der Waals surface area contributed by atoms with Gasteiger partial charge in [0, 0.05) is 9.58 Å². The molecule has 2 aromatic carbocycles. The van der Waals surface area contributed by atoms with Crippen LogP contribution in [0, 0.1) is 0 Å². The lowest BCUT2D eigenvalue weighted by Crippen LogP contribution is -1.80. The molecule has 84 valence electrons. The molecule has 0 aliphatic carbocycles. The van der Waals surface area contributed by atoms with Crippen LogP contribution in [0.5, 0.6) is 0 Å². The first-order valence-corrected chi connectivity index (χ1v) is 6.38. The lowest BCUT2D eigenvalue weighted by atomic mass is 10.1. The first-order valence-electron chi connectivity index (χ1n) is 5.56. The molecule has 2 heteroatoms. The van der Waals surface area contributed by atoms with Crippen molar-refractivity contribution in [2.45, 2.75) is 6.61 Å². The Morgan fingerprint density at radius 1 is 0.941 bits per heavy atom. The summed E-state index contributed by atoms with van der Waals surface area (Å²) in [6.45, 7) is 0.103. The molecule has 0 aliphatic rings. The van der Waals surface area contributed by atoms with Gasteiger partial charge in [0.25, 0.3) is 0 Å². The zero-order valence-corrected chi connectivity index (χ0v) is 10.1. The van der Waals surface area contributed by atoms with Gasteiger partial charge in [0.05, 0.1) is 6.61 Å². The number of hydrogen-bond acceptors (Lipinski definition) is 2. The third-order valence-corrected chi connectivity index (χ3v) is 4.13. The molecule has 0 unspecified atom stereocenters. The maximum atomic E-state index is 9.32. The van der Waals surface area contributed by atoms with Gasteiger partial charge >= 0.3 is 0 Å². The SMILES string of the molecule is OCc1cccc2cc(-c3ccccc3)sc12. The molecule has 3 rings (SSSR count). The molecule has 1 nitrogen and oxygen atoms in total. The van der Waals surface area contributed by atoms with E-state index in [1.807, 2.05) is 30.3 Å². The Kier molecular flexibility index (Phi) is 2.67. The van der Waals surface area contributed by atoms with Crippen molar-refractivity contribution in [2.24, 2.45) is 0 Å². The second kappa shape index (κ2) is 4.32. The molecule has 0 bridgehead atoms. The van der Waals surface area contributed by atoms with E-state index < -0.39 is 0 Å². The summed E-state index contributed by atoms with van der Waals surface area (Å²) in [7, 11) is 0. The molecule has 3 aromatic rings. The Balaban J connectivity index is 2.20. The molecule has 0 fully saturated rings. The summed E-state index contributed by atoms with van der Waals surface area (Å²) in [4.78, 5) is 1.25. The van der Waals surface area contributed by atoms with Gasteiger partial charge in [-0.05, 0) is 22.6 Å². The molecular formula is C15H12OS. The molecule has 0 amide bonds. The van der Waals surface area contributed by atoms with Crippen LogP contribution in [0.15, 0.2) is 54.6 Å². The molecule has 0 saturated carbocycles. The zero-order valence-electron chi connectivity index (χ0n) is 9.26. The highest BCUT2D eigenvalue weighted by Gasteiger charge is 2.06. The summed E-state index contributed by atoms with van der Waals surface area (Å²) >= 11 is 1.74. The van der Waals surface area contributed by atoms with Crippen LogP contribution in [0.4, 0.5) is 0 Å². The highest BCUT2D eigenvalue weighted by Crippen LogP contribution is 2.35. The average Bonchev–Trinajstić information content (AvgIpc) is 2.83. The number of benzene rings is 2. The van der Waals surface area contributed by atoms with Gasteiger partial charge in [-0.3, -0.25) is 0 Å². The minimum atomic E-state index is 0.103. The van der Waals surface area contributed by atoms with Gasteiger partial charge in [-0.15, -0.1) is 11.3 Å². The Bertz CT molecular complexity index is 640. The maximum Gasteiger partial charge on any atom is 0.0695 e. The van der Waals surface area contributed by atoms with Crippen molar-refractivity contribution in [1.29, 1.82) is 0 Å². The molecule has 0 saturated heterocycles. The van der Waals surface area contributed by atoms with E-state index in [9.17, 15) is 5.11 Å². The molecule has 1 N–H and O–H groups in total. The van der Waals surface area contributed by atoms with E-state index in [0.29, 0.717) is 0 Å². The van der Waals surface area contributed by atoms with Crippen LogP contribution in [-0.4, -0.2) is 5.11 Å². The maximum absolute atomic E-state index is 9.32. The smallest absolute Gasteiger partial charge is 0.0695 e. The normalized spacial score (nSPS) is 10.9. The Labute approximate surface area is 104 Å². The van der Waals surface area contributed by atoms with Crippen LogP contribution in [0.3, 0.4) is 0 Å². The molecule has 0 atom stereocenters. The van der Waals surface area contributed by atoms with Crippen molar-refractivity contribution in [2.75, 3.05) is 0 Å². The monoisotopic (exact) mass is 240 g/mol. The van der Waals surface area contributed by atoms with Crippen LogP contribution in [0.2, 0.25) is 0 Å². The van der Waals surface area contributed by atoms with E-state index in [0.717, 1.165) is 5.56 Å². The Morgan fingerprint density at radius 2 is 1.76 bits per heavy atom.